The fourth-order valence-electron chi connectivity index (χ4n) is 11.8. The minimum atomic E-state index is -1.98. The molecule has 4 heterocycles. The molecule has 4 aliphatic rings. The van der Waals surface area contributed by atoms with Crippen molar-refractivity contribution in [1.82, 2.24) is 0 Å². The zero-order chi connectivity index (χ0) is 64.6. The lowest BCUT2D eigenvalue weighted by molar-refractivity contribution is -0.277. The number of aromatic hydroxyl groups is 7. The minimum Gasteiger partial charge on any atom is -0.508 e. The highest BCUT2D eigenvalue weighted by molar-refractivity contribution is 6.04. The summed E-state index contributed by atoms with van der Waals surface area (Å²) >= 11 is 0. The van der Waals surface area contributed by atoms with Crippen LogP contribution in [0.25, 0.3) is 0 Å². The summed E-state index contributed by atoms with van der Waals surface area (Å²) in [6.07, 6.45) is -28.4. The number of rotatable bonds is 20. The van der Waals surface area contributed by atoms with E-state index >= 15 is 4.79 Å². The third-order valence-corrected chi connectivity index (χ3v) is 16.8. The van der Waals surface area contributed by atoms with Gasteiger partial charge in [-0.25, -0.2) is 0 Å². The van der Waals surface area contributed by atoms with Gasteiger partial charge in [0, 0.05) is 46.2 Å². The Bertz CT molecular complexity index is 3470. The second-order valence-electron chi connectivity index (χ2n) is 22.6. The van der Waals surface area contributed by atoms with Crippen LogP contribution in [0.4, 0.5) is 0 Å². The van der Waals surface area contributed by atoms with Crippen molar-refractivity contribution in [3.05, 3.63) is 148 Å². The summed E-state index contributed by atoms with van der Waals surface area (Å²) in [6, 6.07) is 23.2. The number of fused-ring (bicyclic) bond motifs is 1. The van der Waals surface area contributed by atoms with Gasteiger partial charge >= 0.3 is 0 Å². The van der Waals surface area contributed by atoms with Gasteiger partial charge in [0.2, 0.25) is 18.9 Å². The Kier molecular flexibility index (Phi) is 19.8. The smallest absolute Gasteiger partial charge is 0.229 e. The monoisotopic (exact) mass is 1260 g/mol. The summed E-state index contributed by atoms with van der Waals surface area (Å²) in [5.74, 6) is -8.19. The lowest BCUT2D eigenvalue weighted by atomic mass is 9.76. The van der Waals surface area contributed by atoms with E-state index in [1.807, 2.05) is 0 Å². The van der Waals surface area contributed by atoms with E-state index in [0.717, 1.165) is 18.2 Å². The van der Waals surface area contributed by atoms with Crippen molar-refractivity contribution in [3.8, 4) is 63.2 Å². The van der Waals surface area contributed by atoms with Gasteiger partial charge in [-0.05, 0) is 90.9 Å². The Morgan fingerprint density at radius 3 is 1.41 bits per heavy atom. The first-order chi connectivity index (χ1) is 43.0. The summed E-state index contributed by atoms with van der Waals surface area (Å²) < 4.78 is 41.5. The quantitative estimate of drug-likeness (QED) is 0.0492. The third kappa shape index (κ3) is 13.2. The molecule has 3 saturated heterocycles. The van der Waals surface area contributed by atoms with Gasteiger partial charge in [0.05, 0.1) is 26.2 Å². The molecule has 3 fully saturated rings. The largest absolute Gasteiger partial charge is 0.508 e. The number of hydrogen-bond donors (Lipinski definition) is 19. The average Bonchev–Trinajstić information content (AvgIpc) is 0.735. The normalized spacial score (nSPS) is 29.1. The molecule has 27 nitrogen and oxygen atoms in total. The van der Waals surface area contributed by atoms with Crippen LogP contribution < -0.4 is 18.9 Å². The Labute approximate surface area is 512 Å². The molecule has 0 amide bonds. The number of carbonyl (C=O) groups is 1. The van der Waals surface area contributed by atoms with Crippen LogP contribution in [0.2, 0.25) is 0 Å². The van der Waals surface area contributed by atoms with E-state index in [1.165, 1.54) is 60.7 Å². The van der Waals surface area contributed by atoms with Crippen molar-refractivity contribution in [2.75, 3.05) is 19.8 Å². The molecule has 0 spiro atoms. The molecule has 0 aromatic heterocycles. The predicted octanol–water partition coefficient (Wildman–Crippen LogP) is 0.398. The van der Waals surface area contributed by atoms with E-state index in [4.69, 9.17) is 33.2 Å². The summed E-state index contributed by atoms with van der Waals surface area (Å²) in [5.41, 5.74) is 0.155. The summed E-state index contributed by atoms with van der Waals surface area (Å²) in [7, 11) is 0. The lowest BCUT2D eigenvalue weighted by Crippen LogP contribution is -2.60. The molecular formula is C63H70O27. The summed E-state index contributed by atoms with van der Waals surface area (Å²) in [5, 5.41) is 208. The van der Waals surface area contributed by atoms with Crippen molar-refractivity contribution < 1.29 is 135 Å². The number of phenols is 7. The fraction of sp³-hybridized carbons (Fsp3) is 0.413. The van der Waals surface area contributed by atoms with Crippen LogP contribution in [0.5, 0.6) is 63.2 Å². The van der Waals surface area contributed by atoms with Crippen LogP contribution >= 0.6 is 0 Å². The lowest BCUT2D eigenvalue weighted by Gasteiger charge is -2.40. The molecule has 19 N–H and O–H groups in total. The number of Topliss-reactive ketones (excluding diaryl/α,β-unsaturated/α-hetero) is 1. The van der Waals surface area contributed by atoms with Crippen molar-refractivity contribution in [2.45, 2.75) is 142 Å². The number of carbonyl (C=O) groups excluding carboxylic acids is 1. The number of phenolic OH excluding ortho intramolecular Hbond substituents is 7. The Morgan fingerprint density at radius 1 is 0.444 bits per heavy atom. The SMILES string of the molecule is O=C1C[C@@H](c2ccc(O)c(O[C@@H]3O[C@H](CO)[C@@H](O)[C@H](O)[C@H]3O)c2)Oc2c1c(O)c([C@H](CCc1ccc(O)cc1)c1ccc(O)cc1O[C@@H]1O[C@H](CO)[C@@H](O)[C@H](O)[C@H]1O)c(O)c2[C@@H](CCc1ccc(O)cc1)c1ccc(O[C@@H]2O[C@H](CO)[C@@H](O)[C@H](O)[C@H]2O)cc1O. The van der Waals surface area contributed by atoms with Crippen molar-refractivity contribution in [1.29, 1.82) is 0 Å². The maximum absolute atomic E-state index is 15.3. The van der Waals surface area contributed by atoms with Crippen LogP contribution in [0.1, 0.15) is 86.5 Å². The molecule has 6 aromatic rings. The molecule has 0 radical (unpaired) electrons. The second kappa shape index (κ2) is 27.3. The first-order valence-electron chi connectivity index (χ1n) is 28.8. The summed E-state index contributed by atoms with van der Waals surface area (Å²) in [4.78, 5) is 15.3. The van der Waals surface area contributed by atoms with Gasteiger partial charge in [-0.15, -0.1) is 0 Å². The fourth-order valence-corrected chi connectivity index (χ4v) is 11.8. The minimum absolute atomic E-state index is 0.0148. The van der Waals surface area contributed by atoms with Gasteiger partial charge < -0.3 is 130 Å². The standard InChI is InChI=1S/C63H70O27/c64-23-43-49(73)54(78)57(81)61(88-43)84-32-13-17-33(38(71)21-32)35(14-5-26-1-8-29(67)9-2-26)47-52(76)46(36(15-6-27-3-10-30(68)11-4-27)34-16-12-31(69)20-41(34)86-62-58(82)55(79)50(74)44(24-65)89-62)53(77)48-39(72)22-40(85-60(47)48)28-7-18-37(70)42(19-28)87-63-59(83)56(80)51(75)45(25-66)90-63/h1-4,7-13,16-21,35-36,40,43-45,49-51,54-59,61-71,73-83H,5-6,14-15,22-25H2/t35-,36+,40-,43+,44+,45+,49+,50+,51+,54-,55-,56-,57+,58+,59+,61+,62+,63+/m0/s1. The highest BCUT2D eigenvalue weighted by Crippen LogP contribution is 2.58. The molecule has 0 saturated carbocycles. The number of hydrogen-bond acceptors (Lipinski definition) is 27. The average molecular weight is 1260 g/mol. The first-order valence-corrected chi connectivity index (χ1v) is 28.8. The van der Waals surface area contributed by atoms with E-state index in [2.05, 4.69) is 0 Å². The molecule has 0 bridgehead atoms. The number of aliphatic hydroxyl groups excluding tert-OH is 12. The van der Waals surface area contributed by atoms with E-state index in [-0.39, 0.29) is 76.5 Å². The van der Waals surface area contributed by atoms with Crippen molar-refractivity contribution in [2.24, 2.45) is 0 Å². The maximum Gasteiger partial charge on any atom is 0.229 e. The number of ether oxygens (including phenoxy) is 7. The molecule has 18 atom stereocenters. The number of ketones is 1. The van der Waals surface area contributed by atoms with Gasteiger partial charge in [0.25, 0.3) is 0 Å². The molecule has 6 aromatic carbocycles. The Morgan fingerprint density at radius 2 is 0.911 bits per heavy atom. The molecule has 10 rings (SSSR count). The van der Waals surface area contributed by atoms with Crippen LogP contribution in [-0.2, 0) is 27.1 Å². The molecular weight excluding hydrogens is 1190 g/mol. The highest BCUT2D eigenvalue weighted by Gasteiger charge is 2.49. The number of aliphatic hydroxyl groups is 12. The van der Waals surface area contributed by atoms with Gasteiger partial charge in [0.1, 0.15) is 137 Å². The first kappa shape index (κ1) is 65.2. The zero-order valence-electron chi connectivity index (χ0n) is 47.6. The van der Waals surface area contributed by atoms with Crippen molar-refractivity contribution >= 4 is 5.78 Å². The van der Waals surface area contributed by atoms with E-state index in [9.17, 15) is 97.0 Å². The van der Waals surface area contributed by atoms with Crippen LogP contribution in [-0.4, -0.2) is 215 Å². The predicted molar refractivity (Wildman–Crippen MR) is 306 cm³/mol. The highest BCUT2D eigenvalue weighted by atomic mass is 16.7. The van der Waals surface area contributed by atoms with E-state index in [0.29, 0.717) is 11.1 Å². The van der Waals surface area contributed by atoms with Crippen LogP contribution in [0.15, 0.2) is 103 Å². The van der Waals surface area contributed by atoms with Crippen molar-refractivity contribution in [3.63, 3.8) is 0 Å². The molecule has 27 heteroatoms. The van der Waals surface area contributed by atoms with Gasteiger partial charge in [0.15, 0.2) is 17.3 Å². The second-order valence-corrected chi connectivity index (χ2v) is 22.6. The zero-order valence-corrected chi connectivity index (χ0v) is 47.6. The van der Waals surface area contributed by atoms with Gasteiger partial charge in [-0.1, -0.05) is 42.5 Å². The van der Waals surface area contributed by atoms with Gasteiger partial charge in [-0.3, -0.25) is 4.79 Å². The number of benzene rings is 6. The van der Waals surface area contributed by atoms with E-state index < -0.39 is 188 Å². The Hall–Kier alpha value is -7.81. The topological polar surface area (TPSA) is 466 Å². The Balaban J connectivity index is 1.16. The maximum atomic E-state index is 15.3. The van der Waals surface area contributed by atoms with Crippen LogP contribution in [0, 0.1) is 0 Å². The molecule has 4 aliphatic heterocycles. The van der Waals surface area contributed by atoms with Crippen LogP contribution in [0.3, 0.4) is 0 Å². The molecule has 0 unspecified atom stereocenters. The summed E-state index contributed by atoms with van der Waals surface area (Å²) in [6.45, 7) is -2.44. The third-order valence-electron chi connectivity index (χ3n) is 16.8. The molecule has 90 heavy (non-hydrogen) atoms. The number of aryl methyl sites for hydroxylation is 2. The molecule has 0 aliphatic carbocycles. The van der Waals surface area contributed by atoms with Gasteiger partial charge in [-0.2, -0.15) is 0 Å². The molecule has 484 valence electrons. The van der Waals surface area contributed by atoms with E-state index in [1.54, 1.807) is 24.3 Å².